The van der Waals surface area contributed by atoms with Crippen molar-refractivity contribution >= 4 is 38.7 Å². The first kappa shape index (κ1) is 16.7. The van der Waals surface area contributed by atoms with E-state index in [1.54, 1.807) is 23.5 Å². The molecule has 1 atom stereocenters. The number of methoxy groups -OCH3 is 1. The predicted molar refractivity (Wildman–Crippen MR) is 102 cm³/mol. The zero-order chi connectivity index (χ0) is 18.3. The van der Waals surface area contributed by atoms with Crippen LogP contribution in [-0.4, -0.2) is 22.0 Å². The van der Waals surface area contributed by atoms with E-state index >= 15 is 0 Å². The van der Waals surface area contributed by atoms with E-state index in [0.717, 1.165) is 29.5 Å². The van der Waals surface area contributed by atoms with Crippen molar-refractivity contribution in [2.24, 2.45) is 5.92 Å². The minimum Gasteiger partial charge on any atom is -0.490 e. The Balaban J connectivity index is 1.76. The molecule has 0 bridgehead atoms. The highest BCUT2D eigenvalue weighted by Gasteiger charge is 2.23. The quantitative estimate of drug-likeness (QED) is 0.538. The summed E-state index contributed by atoms with van der Waals surface area (Å²) in [5, 5.41) is 15.5. The molecule has 0 amide bonds. The Bertz CT molecular complexity index is 1000. The number of nitrogens with zero attached hydrogens (tertiary/aromatic N) is 3. The molecule has 2 aromatic heterocycles. The topological polar surface area (TPSA) is 90.2 Å². The highest BCUT2D eigenvalue weighted by atomic mass is 32.1. The van der Waals surface area contributed by atoms with Crippen LogP contribution >= 0.6 is 11.3 Å². The number of benzene rings is 1. The first-order valence-electron chi connectivity index (χ1n) is 8.41. The van der Waals surface area contributed by atoms with Crippen molar-refractivity contribution in [2.75, 3.05) is 12.4 Å². The summed E-state index contributed by atoms with van der Waals surface area (Å²) in [5.41, 5.74) is 1.83. The van der Waals surface area contributed by atoms with Crippen LogP contribution in [0.2, 0.25) is 0 Å². The molecule has 0 radical (unpaired) electrons. The zero-order valence-electron chi connectivity index (χ0n) is 14.5. The van der Waals surface area contributed by atoms with Crippen molar-refractivity contribution in [3.05, 3.63) is 45.1 Å². The van der Waals surface area contributed by atoms with Gasteiger partial charge in [0.15, 0.2) is 5.75 Å². The Hall–Kier alpha value is -2.74. The number of aryl methyl sites for hydroxylation is 1. The number of hydrogen-bond donors (Lipinski definition) is 1. The van der Waals surface area contributed by atoms with Gasteiger partial charge in [-0.1, -0.05) is 6.92 Å². The SMILES string of the molecule is COc1ccc(Nc2ncnc3sc4c(c23)CCC(C)C4)cc1[N+](=O)[O-]. The molecule has 7 nitrogen and oxygen atoms in total. The van der Waals surface area contributed by atoms with E-state index in [1.165, 1.54) is 29.9 Å². The molecule has 3 aromatic rings. The molecule has 1 aromatic carbocycles. The smallest absolute Gasteiger partial charge is 0.312 e. The fourth-order valence-corrected chi connectivity index (χ4v) is 4.77. The lowest BCUT2D eigenvalue weighted by Crippen LogP contribution is -2.09. The molecule has 26 heavy (non-hydrogen) atoms. The summed E-state index contributed by atoms with van der Waals surface area (Å²) < 4.78 is 5.06. The van der Waals surface area contributed by atoms with E-state index in [9.17, 15) is 10.1 Å². The van der Waals surface area contributed by atoms with E-state index < -0.39 is 4.92 Å². The molecule has 2 heterocycles. The summed E-state index contributed by atoms with van der Waals surface area (Å²) in [6.45, 7) is 2.27. The van der Waals surface area contributed by atoms with Crippen molar-refractivity contribution in [1.29, 1.82) is 0 Å². The van der Waals surface area contributed by atoms with Gasteiger partial charge < -0.3 is 10.1 Å². The molecule has 8 heteroatoms. The second kappa shape index (κ2) is 6.53. The average Bonchev–Trinajstić information content (AvgIpc) is 3.00. The highest BCUT2D eigenvalue weighted by Crippen LogP contribution is 2.40. The molecule has 0 saturated heterocycles. The van der Waals surface area contributed by atoms with Crippen LogP contribution in [0, 0.1) is 16.0 Å². The average molecular weight is 370 g/mol. The standard InChI is InChI=1S/C18H18N4O3S/c1-10-3-5-12-15(7-10)26-18-16(12)17(19-9-20-18)21-11-4-6-14(25-2)13(8-11)22(23)24/h4,6,8-10H,3,5,7H2,1-2H3,(H,19,20,21). The van der Waals surface area contributed by atoms with Gasteiger partial charge in [-0.2, -0.15) is 0 Å². The molecular weight excluding hydrogens is 352 g/mol. The summed E-state index contributed by atoms with van der Waals surface area (Å²) in [5.74, 6) is 1.61. The van der Waals surface area contributed by atoms with Crippen LogP contribution in [0.5, 0.6) is 5.75 Å². The Morgan fingerprint density at radius 3 is 3.00 bits per heavy atom. The number of nitrogens with one attached hydrogen (secondary N) is 1. The molecule has 1 aliphatic carbocycles. The lowest BCUT2D eigenvalue weighted by Gasteiger charge is -2.18. The molecule has 4 rings (SSSR count). The van der Waals surface area contributed by atoms with Gasteiger partial charge in [0.25, 0.3) is 0 Å². The molecule has 0 spiro atoms. The van der Waals surface area contributed by atoms with Crippen LogP contribution in [0.15, 0.2) is 24.5 Å². The monoisotopic (exact) mass is 370 g/mol. The van der Waals surface area contributed by atoms with Gasteiger partial charge in [-0.15, -0.1) is 11.3 Å². The van der Waals surface area contributed by atoms with E-state index in [1.807, 2.05) is 0 Å². The molecule has 0 saturated carbocycles. The summed E-state index contributed by atoms with van der Waals surface area (Å²) in [6.07, 6.45) is 4.78. The molecule has 0 fully saturated rings. The predicted octanol–water partition coefficient (Wildman–Crippen LogP) is 4.48. The number of thiophene rings is 1. The molecule has 1 unspecified atom stereocenters. The van der Waals surface area contributed by atoms with E-state index in [0.29, 0.717) is 17.4 Å². The number of nitro benzene ring substituents is 1. The van der Waals surface area contributed by atoms with Crippen molar-refractivity contribution in [3.8, 4) is 5.75 Å². The molecule has 1 N–H and O–H groups in total. The first-order valence-corrected chi connectivity index (χ1v) is 9.23. The molecular formula is C18H18N4O3S. The lowest BCUT2D eigenvalue weighted by atomic mass is 9.89. The summed E-state index contributed by atoms with van der Waals surface area (Å²) in [6, 6.07) is 4.80. The second-order valence-corrected chi connectivity index (χ2v) is 7.61. The number of rotatable bonds is 4. The van der Waals surface area contributed by atoms with Gasteiger partial charge in [0, 0.05) is 16.6 Å². The Kier molecular flexibility index (Phi) is 4.20. The third-order valence-electron chi connectivity index (χ3n) is 4.73. The van der Waals surface area contributed by atoms with Gasteiger partial charge >= 0.3 is 5.69 Å². The fourth-order valence-electron chi connectivity index (χ4n) is 3.42. The maximum absolute atomic E-state index is 11.3. The third-order valence-corrected chi connectivity index (χ3v) is 5.89. The normalized spacial score (nSPS) is 16.3. The second-order valence-electron chi connectivity index (χ2n) is 6.52. The highest BCUT2D eigenvalue weighted by molar-refractivity contribution is 7.19. The van der Waals surface area contributed by atoms with Crippen LogP contribution in [0.3, 0.4) is 0 Å². The third kappa shape index (κ3) is 2.86. The van der Waals surface area contributed by atoms with Crippen molar-refractivity contribution in [3.63, 3.8) is 0 Å². The summed E-state index contributed by atoms with van der Waals surface area (Å²) in [4.78, 5) is 22.0. The fraction of sp³-hybridized carbons (Fsp3) is 0.333. The maximum Gasteiger partial charge on any atom is 0.312 e. The van der Waals surface area contributed by atoms with Crippen LogP contribution in [0.4, 0.5) is 17.2 Å². The van der Waals surface area contributed by atoms with E-state index in [-0.39, 0.29) is 11.4 Å². The summed E-state index contributed by atoms with van der Waals surface area (Å²) in [7, 11) is 1.42. The Morgan fingerprint density at radius 1 is 1.38 bits per heavy atom. The van der Waals surface area contributed by atoms with Crippen molar-refractivity contribution < 1.29 is 9.66 Å². The van der Waals surface area contributed by atoms with Crippen LogP contribution in [-0.2, 0) is 12.8 Å². The number of hydrogen-bond acceptors (Lipinski definition) is 7. The van der Waals surface area contributed by atoms with Gasteiger partial charge in [-0.25, -0.2) is 9.97 Å². The number of ether oxygens (including phenoxy) is 1. The van der Waals surface area contributed by atoms with Gasteiger partial charge in [0.1, 0.15) is 17.0 Å². The molecule has 1 aliphatic rings. The number of aromatic nitrogens is 2. The van der Waals surface area contributed by atoms with Crippen molar-refractivity contribution in [1.82, 2.24) is 9.97 Å². The summed E-state index contributed by atoms with van der Waals surface area (Å²) >= 11 is 1.72. The molecule has 134 valence electrons. The lowest BCUT2D eigenvalue weighted by molar-refractivity contribution is -0.385. The number of nitro groups is 1. The van der Waals surface area contributed by atoms with Gasteiger partial charge in [0.05, 0.1) is 17.4 Å². The van der Waals surface area contributed by atoms with E-state index in [4.69, 9.17) is 4.74 Å². The number of anilines is 2. The minimum atomic E-state index is -0.451. The van der Waals surface area contributed by atoms with Gasteiger partial charge in [-0.3, -0.25) is 10.1 Å². The van der Waals surface area contributed by atoms with Crippen LogP contribution in [0.25, 0.3) is 10.2 Å². The molecule has 0 aliphatic heterocycles. The largest absolute Gasteiger partial charge is 0.490 e. The van der Waals surface area contributed by atoms with Crippen LogP contribution < -0.4 is 10.1 Å². The van der Waals surface area contributed by atoms with Crippen molar-refractivity contribution in [2.45, 2.75) is 26.2 Å². The first-order chi connectivity index (χ1) is 12.6. The minimum absolute atomic E-state index is 0.0797. The van der Waals surface area contributed by atoms with E-state index in [2.05, 4.69) is 22.2 Å². The maximum atomic E-state index is 11.3. The Labute approximate surface area is 154 Å². The van der Waals surface area contributed by atoms with Crippen LogP contribution in [0.1, 0.15) is 23.8 Å². The zero-order valence-corrected chi connectivity index (χ0v) is 15.3. The van der Waals surface area contributed by atoms with Gasteiger partial charge in [0.2, 0.25) is 0 Å². The number of fused-ring (bicyclic) bond motifs is 3. The van der Waals surface area contributed by atoms with Gasteiger partial charge in [-0.05, 0) is 42.9 Å². The Morgan fingerprint density at radius 2 is 2.23 bits per heavy atom.